The fraction of sp³-hybridized carbons (Fsp3) is 0. The molecule has 0 aromatic heterocycles. The number of aliphatic imine (C=N–C) groups is 1. The highest BCUT2D eigenvalue weighted by molar-refractivity contribution is 7.85. The highest BCUT2D eigenvalue weighted by Crippen LogP contribution is 2.29. The van der Waals surface area contributed by atoms with Crippen molar-refractivity contribution in [3.63, 3.8) is 0 Å². The van der Waals surface area contributed by atoms with Gasteiger partial charge in [0.25, 0.3) is 21.7 Å². The second-order valence-electron chi connectivity index (χ2n) is 6.79. The zero-order chi connectivity index (χ0) is 22.9. The fourth-order valence-corrected chi connectivity index (χ4v) is 3.67. The van der Waals surface area contributed by atoms with E-state index in [1.54, 1.807) is 30.3 Å². The van der Waals surface area contributed by atoms with Crippen molar-refractivity contribution in [2.24, 2.45) is 4.99 Å². The van der Waals surface area contributed by atoms with Gasteiger partial charge in [-0.15, -0.1) is 0 Å². The lowest BCUT2D eigenvalue weighted by Gasteiger charge is -2.18. The van der Waals surface area contributed by atoms with Crippen LogP contribution in [-0.2, 0) is 14.9 Å². The number of carbonyl (C=O) groups excluding carboxylic acids is 1. The van der Waals surface area contributed by atoms with Gasteiger partial charge in [0.2, 0.25) is 0 Å². The molecule has 32 heavy (non-hydrogen) atoms. The standard InChI is InChI=1S/C22H15N3O6S/c26-22-20(14-15-5-4-8-18(13-15)25(27)28)23-21(16-6-2-1-3-7-16)24(22)17-9-11-19(12-10-17)32(29,30)31/h1-14H,(H,29,30,31)/b20-14+. The lowest BCUT2D eigenvalue weighted by atomic mass is 10.1. The first-order chi connectivity index (χ1) is 15.2. The number of hydrogen-bond acceptors (Lipinski definition) is 6. The smallest absolute Gasteiger partial charge is 0.282 e. The van der Waals surface area contributed by atoms with E-state index in [0.717, 1.165) is 0 Å². The van der Waals surface area contributed by atoms with E-state index in [4.69, 9.17) is 0 Å². The van der Waals surface area contributed by atoms with Gasteiger partial charge in [-0.1, -0.05) is 42.5 Å². The zero-order valence-electron chi connectivity index (χ0n) is 16.3. The maximum atomic E-state index is 13.2. The Labute approximate surface area is 182 Å². The Morgan fingerprint density at radius 3 is 2.28 bits per heavy atom. The number of rotatable bonds is 5. The quantitative estimate of drug-likeness (QED) is 0.274. The molecule has 3 aromatic rings. The molecule has 0 atom stereocenters. The fourth-order valence-electron chi connectivity index (χ4n) is 3.19. The molecular formula is C22H15N3O6S. The largest absolute Gasteiger partial charge is 0.294 e. The van der Waals surface area contributed by atoms with Crippen LogP contribution >= 0.6 is 0 Å². The van der Waals surface area contributed by atoms with Crippen molar-refractivity contribution in [1.82, 2.24) is 0 Å². The molecule has 10 heteroatoms. The zero-order valence-corrected chi connectivity index (χ0v) is 17.1. The predicted molar refractivity (Wildman–Crippen MR) is 118 cm³/mol. The van der Waals surface area contributed by atoms with E-state index >= 15 is 0 Å². The molecule has 160 valence electrons. The second-order valence-corrected chi connectivity index (χ2v) is 8.21. The third-order valence-electron chi connectivity index (χ3n) is 4.67. The molecule has 1 aliphatic rings. The van der Waals surface area contributed by atoms with Crippen LogP contribution in [0.2, 0.25) is 0 Å². The van der Waals surface area contributed by atoms with Gasteiger partial charge in [-0.25, -0.2) is 4.99 Å². The topological polar surface area (TPSA) is 130 Å². The molecule has 1 N–H and O–H groups in total. The molecule has 1 heterocycles. The Balaban J connectivity index is 1.80. The van der Waals surface area contributed by atoms with Crippen molar-refractivity contribution < 1.29 is 22.7 Å². The average molecular weight is 449 g/mol. The summed E-state index contributed by atoms with van der Waals surface area (Å²) in [4.78, 5) is 29.2. The minimum atomic E-state index is -4.39. The molecule has 3 aromatic carbocycles. The summed E-state index contributed by atoms with van der Waals surface area (Å²) in [7, 11) is -4.39. The van der Waals surface area contributed by atoms with Crippen LogP contribution < -0.4 is 4.90 Å². The summed E-state index contributed by atoms with van der Waals surface area (Å²) < 4.78 is 31.9. The molecule has 0 radical (unpaired) electrons. The third-order valence-corrected chi connectivity index (χ3v) is 5.54. The number of non-ortho nitro benzene ring substituents is 1. The van der Waals surface area contributed by atoms with Gasteiger partial charge in [0, 0.05) is 17.7 Å². The van der Waals surface area contributed by atoms with Gasteiger partial charge >= 0.3 is 0 Å². The lowest BCUT2D eigenvalue weighted by molar-refractivity contribution is -0.384. The Hall–Kier alpha value is -4.15. The van der Waals surface area contributed by atoms with Crippen molar-refractivity contribution in [2.45, 2.75) is 4.90 Å². The highest BCUT2D eigenvalue weighted by Gasteiger charge is 2.32. The maximum Gasteiger partial charge on any atom is 0.294 e. The van der Waals surface area contributed by atoms with Gasteiger partial charge in [-0.2, -0.15) is 8.42 Å². The van der Waals surface area contributed by atoms with E-state index in [0.29, 0.717) is 22.6 Å². The summed E-state index contributed by atoms with van der Waals surface area (Å²) in [5.41, 5.74) is 1.36. The molecule has 4 rings (SSSR count). The monoisotopic (exact) mass is 449 g/mol. The van der Waals surface area contributed by atoms with Gasteiger partial charge in [0.1, 0.15) is 11.5 Å². The van der Waals surface area contributed by atoms with E-state index in [9.17, 15) is 27.9 Å². The van der Waals surface area contributed by atoms with Crippen LogP contribution in [0, 0.1) is 10.1 Å². The van der Waals surface area contributed by atoms with Gasteiger partial charge in [-0.05, 0) is 35.9 Å². The number of amides is 1. The van der Waals surface area contributed by atoms with Crippen LogP contribution in [-0.4, -0.2) is 29.6 Å². The predicted octanol–water partition coefficient (Wildman–Crippen LogP) is 3.68. The Bertz CT molecular complexity index is 1380. The Kier molecular flexibility index (Phi) is 5.39. The van der Waals surface area contributed by atoms with Crippen LogP contribution in [0.3, 0.4) is 0 Å². The normalized spacial score (nSPS) is 15.2. The summed E-state index contributed by atoms with van der Waals surface area (Å²) in [6.45, 7) is 0. The number of nitrogens with zero attached hydrogens (tertiary/aromatic N) is 3. The number of hydrogen-bond donors (Lipinski definition) is 1. The van der Waals surface area contributed by atoms with Gasteiger partial charge in [0.15, 0.2) is 0 Å². The molecule has 1 amide bonds. The van der Waals surface area contributed by atoms with E-state index in [-0.39, 0.29) is 16.3 Å². The van der Waals surface area contributed by atoms with Crippen molar-refractivity contribution >= 4 is 39.3 Å². The minimum absolute atomic E-state index is 0.0585. The second kappa shape index (κ2) is 8.17. The van der Waals surface area contributed by atoms with Gasteiger partial charge in [-0.3, -0.25) is 24.4 Å². The van der Waals surface area contributed by atoms with Crippen molar-refractivity contribution in [3.8, 4) is 0 Å². The number of nitro benzene ring substituents is 1. The molecular weight excluding hydrogens is 434 g/mol. The van der Waals surface area contributed by atoms with E-state index in [1.165, 1.54) is 53.4 Å². The number of carbonyl (C=O) groups is 1. The van der Waals surface area contributed by atoms with Crippen LogP contribution in [0.25, 0.3) is 6.08 Å². The first kappa shape index (κ1) is 21.1. The summed E-state index contributed by atoms with van der Waals surface area (Å²) >= 11 is 0. The first-order valence-corrected chi connectivity index (χ1v) is 10.7. The van der Waals surface area contributed by atoms with E-state index < -0.39 is 20.9 Å². The minimum Gasteiger partial charge on any atom is -0.282 e. The number of anilines is 1. The highest BCUT2D eigenvalue weighted by atomic mass is 32.2. The average Bonchev–Trinajstić information content (AvgIpc) is 3.10. The van der Waals surface area contributed by atoms with Crippen molar-refractivity contribution in [1.29, 1.82) is 0 Å². The summed E-state index contributed by atoms with van der Waals surface area (Å²) in [6, 6.07) is 19.9. The lowest BCUT2D eigenvalue weighted by Crippen LogP contribution is -2.32. The summed E-state index contributed by atoms with van der Waals surface area (Å²) in [5.74, 6) is -0.179. The SMILES string of the molecule is O=C1/C(=C\c2cccc([N+](=O)[O-])c2)N=C(c2ccccc2)N1c1ccc(S(=O)(=O)O)cc1. The van der Waals surface area contributed by atoms with E-state index in [1.807, 2.05) is 6.07 Å². The summed E-state index contributed by atoms with van der Waals surface area (Å²) in [6.07, 6.45) is 1.45. The molecule has 0 unspecified atom stereocenters. The molecule has 9 nitrogen and oxygen atoms in total. The first-order valence-electron chi connectivity index (χ1n) is 9.26. The maximum absolute atomic E-state index is 13.2. The van der Waals surface area contributed by atoms with Crippen molar-refractivity contribution in [2.75, 3.05) is 4.90 Å². The van der Waals surface area contributed by atoms with Gasteiger partial charge in [0.05, 0.1) is 15.5 Å². The van der Waals surface area contributed by atoms with Gasteiger partial charge < -0.3 is 0 Å². The number of nitro groups is 1. The molecule has 1 aliphatic heterocycles. The van der Waals surface area contributed by atoms with Crippen LogP contribution in [0.4, 0.5) is 11.4 Å². The van der Waals surface area contributed by atoms with Crippen LogP contribution in [0.15, 0.2) is 94.4 Å². The number of benzene rings is 3. The molecule has 0 spiro atoms. The van der Waals surface area contributed by atoms with E-state index in [2.05, 4.69) is 4.99 Å². The molecule has 0 saturated heterocycles. The third kappa shape index (κ3) is 4.17. The van der Waals surface area contributed by atoms with Crippen molar-refractivity contribution in [3.05, 3.63) is 106 Å². The molecule has 0 bridgehead atoms. The summed E-state index contributed by atoms with van der Waals surface area (Å²) in [5, 5.41) is 11.0. The molecule has 0 aliphatic carbocycles. The van der Waals surface area contributed by atoms with Crippen LogP contribution in [0.1, 0.15) is 11.1 Å². The molecule has 0 saturated carbocycles. The molecule has 0 fully saturated rings. The van der Waals surface area contributed by atoms with Crippen LogP contribution in [0.5, 0.6) is 0 Å². The Morgan fingerprint density at radius 1 is 0.969 bits per heavy atom. The Morgan fingerprint density at radius 2 is 1.66 bits per heavy atom. The number of amidine groups is 1.